The van der Waals surface area contributed by atoms with Crippen molar-refractivity contribution in [2.45, 2.75) is 78.6 Å². The number of esters is 1. The molecule has 36 heavy (non-hydrogen) atoms. The van der Waals surface area contributed by atoms with Gasteiger partial charge in [-0.1, -0.05) is 57.7 Å². The summed E-state index contributed by atoms with van der Waals surface area (Å²) in [4.78, 5) is 27.0. The van der Waals surface area contributed by atoms with E-state index < -0.39 is 24.3 Å². The molecule has 1 saturated heterocycles. The maximum absolute atomic E-state index is 13.7. The third-order valence-corrected chi connectivity index (χ3v) is 7.15. The van der Waals surface area contributed by atoms with Crippen LogP contribution in [0.2, 0.25) is 0 Å². The number of amides is 1. The quantitative estimate of drug-likeness (QED) is 0.407. The Morgan fingerprint density at radius 3 is 2.22 bits per heavy atom. The number of benzene rings is 2. The largest absolute Gasteiger partial charge is 0.495 e. The molecule has 0 aromatic heterocycles. The van der Waals surface area contributed by atoms with Crippen LogP contribution in [0.4, 0.5) is 5.69 Å². The smallest absolute Gasteiger partial charge is 0.461 e. The van der Waals surface area contributed by atoms with Crippen LogP contribution in [0.25, 0.3) is 6.08 Å². The van der Waals surface area contributed by atoms with E-state index in [0.717, 1.165) is 16.6 Å². The van der Waals surface area contributed by atoms with Crippen molar-refractivity contribution >= 4 is 36.2 Å². The molecule has 7 heteroatoms. The molecule has 0 N–H and O–H groups in total. The molecule has 0 radical (unpaired) electrons. The Hall–Kier alpha value is -2.90. The Morgan fingerprint density at radius 2 is 1.69 bits per heavy atom. The highest BCUT2D eigenvalue weighted by Crippen LogP contribution is 2.37. The molecule has 0 spiro atoms. The van der Waals surface area contributed by atoms with Crippen molar-refractivity contribution in [1.29, 1.82) is 0 Å². The van der Waals surface area contributed by atoms with Crippen LogP contribution >= 0.6 is 0 Å². The number of rotatable bonds is 6. The van der Waals surface area contributed by atoms with E-state index in [-0.39, 0.29) is 17.9 Å². The fourth-order valence-electron chi connectivity index (χ4n) is 4.11. The normalized spacial score (nSPS) is 16.5. The minimum Gasteiger partial charge on any atom is -0.461 e. The maximum atomic E-state index is 13.7. The molecule has 192 valence electrons. The average Bonchev–Trinajstić information content (AvgIpc) is 3.01. The SMILES string of the molecule is C=Cc1cc(C(C)(C)C)ccc1C(=O)N(C)c1cccc(B2OC(C)(C)C(C)(C)O2)c1COC(C)=O. The number of carbonyl (C=O) groups excluding carboxylic acids is 2. The molecule has 0 unspecified atom stereocenters. The van der Waals surface area contributed by atoms with Crippen molar-refractivity contribution in [1.82, 2.24) is 0 Å². The second kappa shape index (κ2) is 9.87. The number of anilines is 1. The van der Waals surface area contributed by atoms with Gasteiger partial charge in [0.2, 0.25) is 0 Å². The summed E-state index contributed by atoms with van der Waals surface area (Å²) in [6, 6.07) is 11.4. The van der Waals surface area contributed by atoms with Gasteiger partial charge in [-0.3, -0.25) is 9.59 Å². The molecule has 6 nitrogen and oxygen atoms in total. The zero-order valence-corrected chi connectivity index (χ0v) is 23.0. The van der Waals surface area contributed by atoms with Gasteiger partial charge in [-0.25, -0.2) is 0 Å². The molecule has 1 aliphatic heterocycles. The summed E-state index contributed by atoms with van der Waals surface area (Å²) in [5.41, 5.74) is 3.29. The van der Waals surface area contributed by atoms with Gasteiger partial charge in [0.25, 0.3) is 5.91 Å². The fraction of sp³-hybridized carbons (Fsp3) is 0.448. The van der Waals surface area contributed by atoms with Gasteiger partial charge in [-0.15, -0.1) is 0 Å². The van der Waals surface area contributed by atoms with E-state index >= 15 is 0 Å². The molecular formula is C29H38BNO5. The van der Waals surface area contributed by atoms with Crippen molar-refractivity contribution in [2.24, 2.45) is 0 Å². The number of carbonyl (C=O) groups is 2. The standard InChI is InChI=1S/C29H38BNO5/c1-11-20-17-21(27(3,4)5)15-16-22(20)26(33)31(10)25-14-12-13-24(23(25)18-34-19(2)32)30-35-28(6,7)29(8,9)36-30/h11-17H,1,18H2,2-10H3. The van der Waals surface area contributed by atoms with E-state index in [0.29, 0.717) is 16.8 Å². The van der Waals surface area contributed by atoms with Gasteiger partial charge in [-0.2, -0.15) is 0 Å². The first-order chi connectivity index (χ1) is 16.6. The molecule has 2 aromatic rings. The molecule has 0 aliphatic carbocycles. The van der Waals surface area contributed by atoms with E-state index in [1.54, 1.807) is 18.0 Å². The van der Waals surface area contributed by atoms with Crippen molar-refractivity contribution in [3.05, 3.63) is 65.2 Å². The third-order valence-electron chi connectivity index (χ3n) is 7.15. The summed E-state index contributed by atoms with van der Waals surface area (Å²) < 4.78 is 18.0. The second-order valence-electron chi connectivity index (χ2n) is 11.3. The van der Waals surface area contributed by atoms with Crippen LogP contribution in [-0.2, 0) is 30.9 Å². The molecule has 0 bridgehead atoms. The summed E-state index contributed by atoms with van der Waals surface area (Å²) in [6.07, 6.45) is 1.71. The molecule has 0 atom stereocenters. The molecule has 2 aromatic carbocycles. The van der Waals surface area contributed by atoms with Crippen molar-refractivity contribution in [3.63, 3.8) is 0 Å². The molecule has 1 fully saturated rings. The summed E-state index contributed by atoms with van der Waals surface area (Å²) in [5.74, 6) is -0.606. The minimum atomic E-state index is -0.668. The van der Waals surface area contributed by atoms with Gasteiger partial charge >= 0.3 is 13.1 Å². The Balaban J connectivity index is 2.06. The van der Waals surface area contributed by atoms with Crippen molar-refractivity contribution in [2.75, 3.05) is 11.9 Å². The highest BCUT2D eigenvalue weighted by molar-refractivity contribution is 6.62. The zero-order chi connectivity index (χ0) is 27.1. The third kappa shape index (κ3) is 5.42. The monoisotopic (exact) mass is 491 g/mol. The fourth-order valence-corrected chi connectivity index (χ4v) is 4.11. The van der Waals surface area contributed by atoms with E-state index in [1.807, 2.05) is 64.1 Å². The molecule has 3 rings (SSSR count). The Morgan fingerprint density at radius 1 is 1.08 bits per heavy atom. The first-order valence-electron chi connectivity index (χ1n) is 12.2. The predicted molar refractivity (Wildman–Crippen MR) is 146 cm³/mol. The summed E-state index contributed by atoms with van der Waals surface area (Å²) in [5, 5.41) is 0. The molecule has 1 heterocycles. The van der Waals surface area contributed by atoms with Crippen LogP contribution in [0.3, 0.4) is 0 Å². The lowest BCUT2D eigenvalue weighted by Gasteiger charge is -2.32. The van der Waals surface area contributed by atoms with Crippen LogP contribution < -0.4 is 10.4 Å². The van der Waals surface area contributed by atoms with Crippen molar-refractivity contribution in [3.8, 4) is 0 Å². The summed E-state index contributed by atoms with van der Waals surface area (Å²) in [7, 11) is 1.05. The van der Waals surface area contributed by atoms with Crippen LogP contribution in [-0.4, -0.2) is 37.2 Å². The molecular weight excluding hydrogens is 453 g/mol. The van der Waals surface area contributed by atoms with Crippen LogP contribution in [0.1, 0.15) is 82.4 Å². The highest BCUT2D eigenvalue weighted by Gasteiger charge is 2.52. The summed E-state index contributed by atoms with van der Waals surface area (Å²) in [6.45, 7) is 19.6. The maximum Gasteiger partial charge on any atom is 0.495 e. The predicted octanol–water partition coefficient (Wildman–Crippen LogP) is 5.27. The summed E-state index contributed by atoms with van der Waals surface area (Å²) >= 11 is 0. The van der Waals surface area contributed by atoms with Crippen LogP contribution in [0.15, 0.2) is 43.0 Å². The lowest BCUT2D eigenvalue weighted by molar-refractivity contribution is -0.142. The molecule has 1 amide bonds. The van der Waals surface area contributed by atoms with Crippen LogP contribution in [0, 0.1) is 0 Å². The van der Waals surface area contributed by atoms with E-state index in [9.17, 15) is 9.59 Å². The molecule has 1 aliphatic rings. The zero-order valence-electron chi connectivity index (χ0n) is 23.0. The number of ether oxygens (including phenoxy) is 1. The van der Waals surface area contributed by atoms with Gasteiger partial charge in [0, 0.05) is 30.8 Å². The Kier molecular flexibility index (Phi) is 7.59. The van der Waals surface area contributed by atoms with Crippen LogP contribution in [0.5, 0.6) is 0 Å². The van der Waals surface area contributed by atoms with Gasteiger partial charge in [-0.05, 0) is 61.8 Å². The first kappa shape index (κ1) is 27.7. The van der Waals surface area contributed by atoms with Gasteiger partial charge < -0.3 is 18.9 Å². The van der Waals surface area contributed by atoms with Gasteiger partial charge in [0.05, 0.1) is 11.2 Å². The lowest BCUT2D eigenvalue weighted by atomic mass is 9.75. The number of hydrogen-bond acceptors (Lipinski definition) is 5. The van der Waals surface area contributed by atoms with E-state index in [1.165, 1.54) is 6.92 Å². The van der Waals surface area contributed by atoms with Crippen molar-refractivity contribution < 1.29 is 23.6 Å². The van der Waals surface area contributed by atoms with Gasteiger partial charge in [0.1, 0.15) is 6.61 Å². The topological polar surface area (TPSA) is 65.1 Å². The number of hydrogen-bond donors (Lipinski definition) is 0. The number of nitrogens with zero attached hydrogens (tertiary/aromatic N) is 1. The lowest BCUT2D eigenvalue weighted by Crippen LogP contribution is -2.41. The Bertz CT molecular complexity index is 1160. The first-order valence-corrected chi connectivity index (χ1v) is 12.2. The Labute approximate surface area is 215 Å². The van der Waals surface area contributed by atoms with Gasteiger partial charge in [0.15, 0.2) is 0 Å². The second-order valence-corrected chi connectivity index (χ2v) is 11.3. The van der Waals surface area contributed by atoms with E-state index in [4.69, 9.17) is 14.0 Å². The molecule has 0 saturated carbocycles. The average molecular weight is 491 g/mol. The minimum absolute atomic E-state index is 0.0141. The van der Waals surface area contributed by atoms with E-state index in [2.05, 4.69) is 27.4 Å². The highest BCUT2D eigenvalue weighted by atomic mass is 16.7.